The normalized spacial score (nSPS) is 41.1. The Labute approximate surface area is 306 Å². The number of hydrogen-bond acceptors (Lipinski definition) is 12. The average molecular weight is 724 g/mol. The van der Waals surface area contributed by atoms with E-state index in [1.165, 1.54) is 12.5 Å². The van der Waals surface area contributed by atoms with Gasteiger partial charge in [0, 0.05) is 31.1 Å². The highest BCUT2D eigenvalue weighted by Gasteiger charge is 2.50. The Hall–Kier alpha value is -1.71. The zero-order valence-corrected chi connectivity index (χ0v) is 32.7. The summed E-state index contributed by atoms with van der Waals surface area (Å²) in [6, 6.07) is 9.36. The third-order valence-corrected chi connectivity index (χ3v) is 11.3. The van der Waals surface area contributed by atoms with Crippen LogP contribution in [0.4, 0.5) is 0 Å². The lowest BCUT2D eigenvalue weighted by Crippen LogP contribution is -2.59. The Morgan fingerprint density at radius 3 is 2.27 bits per heavy atom. The molecular formula is C39H69N3O9. The van der Waals surface area contributed by atoms with Gasteiger partial charge in [-0.25, -0.2) is 0 Å². The van der Waals surface area contributed by atoms with E-state index in [-0.39, 0.29) is 30.9 Å². The molecule has 0 aliphatic carbocycles. The molecule has 0 unspecified atom stereocenters. The van der Waals surface area contributed by atoms with Gasteiger partial charge in [-0.1, -0.05) is 51.1 Å². The van der Waals surface area contributed by atoms with E-state index < -0.39 is 71.9 Å². The lowest BCUT2D eigenvalue weighted by atomic mass is 9.78. The minimum absolute atomic E-state index is 0.139. The molecule has 1 aromatic rings. The summed E-state index contributed by atoms with van der Waals surface area (Å²) in [6.07, 6.45) is -5.19. The summed E-state index contributed by atoms with van der Waals surface area (Å²) in [5.74, 6) is -2.74. The first-order chi connectivity index (χ1) is 23.8. The number of benzene rings is 1. The number of cyclic esters (lactones) is 1. The third kappa shape index (κ3) is 11.4. The van der Waals surface area contributed by atoms with Crippen LogP contribution in [0.5, 0.6) is 0 Å². The number of hydrogen-bond donors (Lipinski definition) is 6. The lowest BCUT2D eigenvalue weighted by Gasteiger charge is -2.46. The molecule has 2 fully saturated rings. The molecule has 0 amide bonds. The van der Waals surface area contributed by atoms with E-state index >= 15 is 0 Å². The van der Waals surface area contributed by atoms with Crippen molar-refractivity contribution in [3.05, 3.63) is 35.9 Å². The van der Waals surface area contributed by atoms with Crippen molar-refractivity contribution in [2.45, 2.75) is 154 Å². The first kappa shape index (κ1) is 43.7. The standard InChI is InChI=1S/C39H69N3O9/c1-11-31-39(8,48)34(45)28(6)42(19-15-18-40-22-29-16-13-12-14-17-29)23-24(2)21-38(7,47)35(26(4)32(43)27(5)36(46)50-31)51-37-33(44)30(41(9)10)20-25(3)49-37/h12-14,16-17,24-28,30-35,37,40,43-45,47-48H,11,15,18-23H2,1-10H3/t24-,25-,26+,27-,28-,30+,31-,32+,33-,34-,35-,37+,38-,39-/m1/s1. The molecule has 6 N–H and O–H groups in total. The summed E-state index contributed by atoms with van der Waals surface area (Å²) in [5, 5.41) is 62.2. The zero-order valence-electron chi connectivity index (χ0n) is 32.7. The number of carbonyl (C=O) groups excluding carboxylic acids is 1. The van der Waals surface area contributed by atoms with E-state index in [0.29, 0.717) is 19.5 Å². The summed E-state index contributed by atoms with van der Waals surface area (Å²) < 4.78 is 18.5. The smallest absolute Gasteiger partial charge is 0.311 e. The molecule has 2 aliphatic rings. The van der Waals surface area contributed by atoms with Crippen molar-refractivity contribution >= 4 is 5.97 Å². The molecule has 0 saturated carbocycles. The number of carbonyl (C=O) groups is 1. The molecule has 14 atom stereocenters. The van der Waals surface area contributed by atoms with E-state index in [1.807, 2.05) is 58.0 Å². The molecule has 2 heterocycles. The van der Waals surface area contributed by atoms with Crippen LogP contribution in [0.2, 0.25) is 0 Å². The summed E-state index contributed by atoms with van der Waals surface area (Å²) >= 11 is 0. The van der Waals surface area contributed by atoms with Crippen LogP contribution in [-0.2, 0) is 25.5 Å². The Balaban J connectivity index is 1.95. The van der Waals surface area contributed by atoms with Crippen LogP contribution in [0, 0.1) is 17.8 Å². The molecule has 1 aromatic carbocycles. The highest BCUT2D eigenvalue weighted by Crippen LogP contribution is 2.36. The van der Waals surface area contributed by atoms with Gasteiger partial charge in [-0.2, -0.15) is 0 Å². The molecule has 12 nitrogen and oxygen atoms in total. The number of likely N-dealkylation sites (N-methyl/N-ethyl adjacent to an activating group) is 1. The maximum Gasteiger partial charge on any atom is 0.311 e. The fourth-order valence-electron chi connectivity index (χ4n) is 8.14. The molecule has 294 valence electrons. The van der Waals surface area contributed by atoms with E-state index in [4.69, 9.17) is 14.2 Å². The highest BCUT2D eigenvalue weighted by atomic mass is 16.7. The van der Waals surface area contributed by atoms with Crippen LogP contribution < -0.4 is 5.32 Å². The van der Waals surface area contributed by atoms with Crippen molar-refractivity contribution in [3.8, 4) is 0 Å². The van der Waals surface area contributed by atoms with Gasteiger partial charge >= 0.3 is 5.97 Å². The van der Waals surface area contributed by atoms with E-state index in [2.05, 4.69) is 22.3 Å². The van der Waals surface area contributed by atoms with Crippen LogP contribution in [0.15, 0.2) is 30.3 Å². The van der Waals surface area contributed by atoms with Crippen molar-refractivity contribution in [3.63, 3.8) is 0 Å². The number of rotatable bonds is 10. The molecule has 0 aromatic heterocycles. The monoisotopic (exact) mass is 724 g/mol. The minimum atomic E-state index is -1.79. The molecule has 12 heteroatoms. The molecular weight excluding hydrogens is 654 g/mol. The maximum absolute atomic E-state index is 13.6. The maximum atomic E-state index is 13.6. The van der Waals surface area contributed by atoms with Crippen molar-refractivity contribution in [2.24, 2.45) is 17.8 Å². The number of ether oxygens (including phenoxy) is 3. The lowest BCUT2D eigenvalue weighted by molar-refractivity contribution is -0.299. The van der Waals surface area contributed by atoms with Crippen LogP contribution >= 0.6 is 0 Å². The minimum Gasteiger partial charge on any atom is -0.459 e. The zero-order chi connectivity index (χ0) is 38.3. The van der Waals surface area contributed by atoms with E-state index in [1.54, 1.807) is 27.7 Å². The summed E-state index contributed by atoms with van der Waals surface area (Å²) in [5.41, 5.74) is -2.15. The number of nitrogens with zero attached hydrogens (tertiary/aromatic N) is 2. The molecule has 0 spiro atoms. The van der Waals surface area contributed by atoms with Gasteiger partial charge in [0.2, 0.25) is 0 Å². The Bertz CT molecular complexity index is 1190. The van der Waals surface area contributed by atoms with Gasteiger partial charge in [-0.05, 0) is 99.0 Å². The second-order valence-corrected chi connectivity index (χ2v) is 16.2. The molecule has 51 heavy (non-hydrogen) atoms. The van der Waals surface area contributed by atoms with Gasteiger partial charge in [0.05, 0.1) is 29.8 Å². The first-order valence-corrected chi connectivity index (χ1v) is 19.0. The molecule has 0 bridgehead atoms. The van der Waals surface area contributed by atoms with Crippen molar-refractivity contribution in [2.75, 3.05) is 33.7 Å². The van der Waals surface area contributed by atoms with Crippen molar-refractivity contribution in [1.82, 2.24) is 15.1 Å². The predicted molar refractivity (Wildman–Crippen MR) is 197 cm³/mol. The van der Waals surface area contributed by atoms with Gasteiger partial charge in [0.15, 0.2) is 6.29 Å². The summed E-state index contributed by atoms with van der Waals surface area (Å²) in [6.45, 7) is 16.5. The molecule has 2 aliphatic heterocycles. The summed E-state index contributed by atoms with van der Waals surface area (Å²) in [4.78, 5) is 17.6. The van der Waals surface area contributed by atoms with Gasteiger partial charge in [-0.15, -0.1) is 0 Å². The number of aliphatic hydroxyl groups is 5. The quantitative estimate of drug-likeness (QED) is 0.155. The van der Waals surface area contributed by atoms with Crippen LogP contribution in [-0.4, -0.2) is 141 Å². The Morgan fingerprint density at radius 1 is 1.02 bits per heavy atom. The summed E-state index contributed by atoms with van der Waals surface area (Å²) in [7, 11) is 3.77. The molecule has 3 rings (SSSR count). The van der Waals surface area contributed by atoms with Crippen molar-refractivity contribution in [1.29, 1.82) is 0 Å². The Kier molecular flexibility index (Phi) is 16.3. The van der Waals surface area contributed by atoms with Gasteiger partial charge in [0.1, 0.15) is 23.9 Å². The topological polar surface area (TPSA) is 164 Å². The number of nitrogens with one attached hydrogen (secondary N) is 1. The van der Waals surface area contributed by atoms with Crippen LogP contribution in [0.3, 0.4) is 0 Å². The third-order valence-electron chi connectivity index (χ3n) is 11.3. The average Bonchev–Trinajstić information content (AvgIpc) is 3.07. The predicted octanol–water partition coefficient (Wildman–Crippen LogP) is 2.53. The van der Waals surface area contributed by atoms with E-state index in [0.717, 1.165) is 19.5 Å². The van der Waals surface area contributed by atoms with Crippen LogP contribution in [0.1, 0.15) is 86.6 Å². The fourth-order valence-corrected chi connectivity index (χ4v) is 8.14. The second kappa shape index (κ2) is 19.1. The SMILES string of the molecule is CC[C@H]1OC(=O)[C@H](C)[C@@H](O)[C@H](C)[C@@H](O[C@@H]2O[C@H](C)C[C@H](N(C)C)[C@H]2O)[C@](C)(O)C[C@@H](C)CN(CCCNCc2ccccc2)[C@H](C)[C@@H](O)[C@]1(C)O. The molecule has 2 saturated heterocycles. The van der Waals surface area contributed by atoms with Gasteiger partial charge in [-0.3, -0.25) is 9.69 Å². The first-order valence-electron chi connectivity index (χ1n) is 19.0. The van der Waals surface area contributed by atoms with Crippen LogP contribution in [0.25, 0.3) is 0 Å². The van der Waals surface area contributed by atoms with Gasteiger partial charge in [0.25, 0.3) is 0 Å². The fraction of sp³-hybridized carbons (Fsp3) is 0.821. The number of aliphatic hydroxyl groups excluding tert-OH is 3. The van der Waals surface area contributed by atoms with Gasteiger partial charge < -0.3 is 50.0 Å². The number of esters is 1. The second-order valence-electron chi connectivity index (χ2n) is 16.2. The Morgan fingerprint density at radius 2 is 1.67 bits per heavy atom. The molecule has 0 radical (unpaired) electrons. The van der Waals surface area contributed by atoms with E-state index in [9.17, 15) is 30.3 Å². The highest BCUT2D eigenvalue weighted by molar-refractivity contribution is 5.73. The van der Waals surface area contributed by atoms with Crippen molar-refractivity contribution < 1.29 is 44.5 Å². The largest absolute Gasteiger partial charge is 0.459 e.